The van der Waals surface area contributed by atoms with E-state index in [1.807, 2.05) is 13.0 Å². The number of aromatic nitrogens is 3. The predicted octanol–water partition coefficient (Wildman–Crippen LogP) is 3.63. The minimum atomic E-state index is 0.703. The van der Waals surface area contributed by atoms with Gasteiger partial charge >= 0.3 is 0 Å². The predicted molar refractivity (Wildman–Crippen MR) is 89.0 cm³/mol. The van der Waals surface area contributed by atoms with E-state index in [-0.39, 0.29) is 0 Å². The van der Waals surface area contributed by atoms with E-state index in [1.165, 1.54) is 0 Å². The van der Waals surface area contributed by atoms with Crippen LogP contribution in [0.2, 0.25) is 0 Å². The molecule has 0 bridgehead atoms. The molecular weight excluding hydrogens is 282 g/mol. The fraction of sp³-hybridized carbons (Fsp3) is 0.533. The van der Waals surface area contributed by atoms with Crippen molar-refractivity contribution in [3.63, 3.8) is 0 Å². The Morgan fingerprint density at radius 3 is 2.43 bits per heavy atom. The van der Waals surface area contributed by atoms with Crippen molar-refractivity contribution < 1.29 is 0 Å². The minimum Gasteiger partial charge on any atom is -0.370 e. The molecule has 2 rings (SSSR count). The van der Waals surface area contributed by atoms with E-state index in [2.05, 4.69) is 44.8 Å². The summed E-state index contributed by atoms with van der Waals surface area (Å²) in [7, 11) is 0. The summed E-state index contributed by atoms with van der Waals surface area (Å²) in [5.41, 5.74) is 1.07. The lowest BCUT2D eigenvalue weighted by molar-refractivity contribution is 0.831. The third-order valence-corrected chi connectivity index (χ3v) is 3.86. The van der Waals surface area contributed by atoms with Crippen molar-refractivity contribution in [2.45, 2.75) is 46.6 Å². The van der Waals surface area contributed by atoms with E-state index in [0.717, 1.165) is 54.0 Å². The number of aryl methyl sites for hydroxylation is 2. The summed E-state index contributed by atoms with van der Waals surface area (Å²) in [6.07, 6.45) is 3.02. The largest absolute Gasteiger partial charge is 0.370 e. The molecule has 114 valence electrons. The first kappa shape index (κ1) is 15.7. The Balaban J connectivity index is 2.07. The van der Waals surface area contributed by atoms with Gasteiger partial charge in [-0.25, -0.2) is 15.0 Å². The lowest BCUT2D eigenvalue weighted by Crippen LogP contribution is -2.09. The average Bonchev–Trinajstić information content (AvgIpc) is 2.89. The normalized spacial score (nSPS) is 10.6. The summed E-state index contributed by atoms with van der Waals surface area (Å²) in [6, 6.07) is 1.97. The number of anilines is 2. The van der Waals surface area contributed by atoms with Crippen molar-refractivity contribution in [2.75, 3.05) is 17.2 Å². The maximum absolute atomic E-state index is 4.57. The maximum Gasteiger partial charge on any atom is 0.133 e. The van der Waals surface area contributed by atoms with Crippen molar-refractivity contribution in [1.29, 1.82) is 0 Å². The van der Waals surface area contributed by atoms with E-state index >= 15 is 0 Å². The lowest BCUT2D eigenvalue weighted by atomic mass is 10.3. The van der Waals surface area contributed by atoms with Crippen molar-refractivity contribution in [3.05, 3.63) is 28.0 Å². The van der Waals surface area contributed by atoms with Gasteiger partial charge in [0.2, 0.25) is 0 Å². The SMILES string of the molecule is CCCNc1cc(NCc2nc(C)cs2)nc(CCC)n1. The van der Waals surface area contributed by atoms with Crippen molar-refractivity contribution in [1.82, 2.24) is 15.0 Å². The van der Waals surface area contributed by atoms with Gasteiger partial charge in [0, 0.05) is 30.1 Å². The Labute approximate surface area is 130 Å². The van der Waals surface area contributed by atoms with Crippen LogP contribution >= 0.6 is 11.3 Å². The molecule has 0 aliphatic heterocycles. The molecule has 2 heterocycles. The van der Waals surface area contributed by atoms with Gasteiger partial charge in [0.1, 0.15) is 22.5 Å². The van der Waals surface area contributed by atoms with Gasteiger partial charge in [0.05, 0.1) is 6.54 Å². The molecule has 0 amide bonds. The molecule has 0 saturated heterocycles. The molecule has 0 spiro atoms. The van der Waals surface area contributed by atoms with Crippen molar-refractivity contribution in [2.24, 2.45) is 0 Å². The highest BCUT2D eigenvalue weighted by molar-refractivity contribution is 7.09. The van der Waals surface area contributed by atoms with Gasteiger partial charge in [-0.3, -0.25) is 0 Å². The van der Waals surface area contributed by atoms with Crippen molar-refractivity contribution >= 4 is 23.0 Å². The molecule has 0 unspecified atom stereocenters. The van der Waals surface area contributed by atoms with Crippen LogP contribution in [-0.2, 0) is 13.0 Å². The number of hydrogen-bond acceptors (Lipinski definition) is 6. The van der Waals surface area contributed by atoms with Crippen LogP contribution in [0.5, 0.6) is 0 Å². The zero-order chi connectivity index (χ0) is 15.1. The van der Waals surface area contributed by atoms with E-state index < -0.39 is 0 Å². The number of rotatable bonds is 8. The second-order valence-electron chi connectivity index (χ2n) is 4.97. The highest BCUT2D eigenvalue weighted by Gasteiger charge is 2.05. The number of hydrogen-bond donors (Lipinski definition) is 2. The quantitative estimate of drug-likeness (QED) is 0.780. The Morgan fingerprint density at radius 1 is 1.05 bits per heavy atom. The standard InChI is InChI=1S/C15H23N5S/c1-4-6-12-19-13(16-7-5-2)8-14(20-12)17-9-15-18-11(3)10-21-15/h8,10H,4-7,9H2,1-3H3,(H2,16,17,19,20). The average molecular weight is 305 g/mol. The van der Waals surface area contributed by atoms with Crippen LogP contribution in [0.4, 0.5) is 11.6 Å². The molecule has 0 fully saturated rings. The minimum absolute atomic E-state index is 0.703. The molecule has 6 heteroatoms. The molecule has 0 aromatic carbocycles. The molecule has 2 aromatic rings. The van der Waals surface area contributed by atoms with Crippen molar-refractivity contribution in [3.8, 4) is 0 Å². The van der Waals surface area contributed by atoms with E-state index in [9.17, 15) is 0 Å². The molecule has 0 saturated carbocycles. The number of thiazole rings is 1. The Hall–Kier alpha value is -1.69. The first-order valence-corrected chi connectivity index (χ1v) is 8.36. The molecule has 0 atom stereocenters. The highest BCUT2D eigenvalue weighted by Crippen LogP contribution is 2.15. The van der Waals surface area contributed by atoms with E-state index in [1.54, 1.807) is 11.3 Å². The molecule has 2 N–H and O–H groups in total. The smallest absolute Gasteiger partial charge is 0.133 e. The lowest BCUT2D eigenvalue weighted by Gasteiger charge is -2.10. The van der Waals surface area contributed by atoms with E-state index in [0.29, 0.717) is 6.54 Å². The van der Waals surface area contributed by atoms with Gasteiger partial charge in [0.25, 0.3) is 0 Å². The number of nitrogens with zero attached hydrogens (tertiary/aromatic N) is 3. The van der Waals surface area contributed by atoms with Gasteiger partial charge < -0.3 is 10.6 Å². The first-order chi connectivity index (χ1) is 10.2. The van der Waals surface area contributed by atoms with Gasteiger partial charge in [-0.15, -0.1) is 11.3 Å². The van der Waals surface area contributed by atoms with Gasteiger partial charge in [-0.1, -0.05) is 13.8 Å². The van der Waals surface area contributed by atoms with Gasteiger partial charge in [-0.2, -0.15) is 0 Å². The Kier molecular flexibility index (Phi) is 5.92. The number of nitrogens with one attached hydrogen (secondary N) is 2. The summed E-state index contributed by atoms with van der Waals surface area (Å²) < 4.78 is 0. The summed E-state index contributed by atoms with van der Waals surface area (Å²) in [5, 5.41) is 9.82. The molecule has 0 radical (unpaired) electrons. The summed E-state index contributed by atoms with van der Waals surface area (Å²) in [5.74, 6) is 2.64. The highest BCUT2D eigenvalue weighted by atomic mass is 32.1. The monoisotopic (exact) mass is 305 g/mol. The van der Waals surface area contributed by atoms with E-state index in [4.69, 9.17) is 0 Å². The van der Waals surface area contributed by atoms with Crippen LogP contribution in [0, 0.1) is 6.92 Å². The fourth-order valence-electron chi connectivity index (χ4n) is 1.92. The first-order valence-electron chi connectivity index (χ1n) is 7.48. The summed E-state index contributed by atoms with van der Waals surface area (Å²) in [4.78, 5) is 13.6. The Bertz CT molecular complexity index is 567. The zero-order valence-corrected chi connectivity index (χ0v) is 13.8. The van der Waals surface area contributed by atoms with Crippen LogP contribution < -0.4 is 10.6 Å². The molecule has 5 nitrogen and oxygen atoms in total. The van der Waals surface area contributed by atoms with Crippen LogP contribution in [-0.4, -0.2) is 21.5 Å². The van der Waals surface area contributed by atoms with Crippen LogP contribution in [0.25, 0.3) is 0 Å². The van der Waals surface area contributed by atoms with Gasteiger partial charge in [0.15, 0.2) is 0 Å². The zero-order valence-electron chi connectivity index (χ0n) is 12.9. The molecule has 21 heavy (non-hydrogen) atoms. The van der Waals surface area contributed by atoms with Crippen LogP contribution in [0.1, 0.15) is 43.2 Å². The maximum atomic E-state index is 4.57. The molecular formula is C15H23N5S. The fourth-order valence-corrected chi connectivity index (χ4v) is 2.63. The Morgan fingerprint density at radius 2 is 1.81 bits per heavy atom. The van der Waals surface area contributed by atoms with Crippen LogP contribution in [0.3, 0.4) is 0 Å². The molecule has 2 aromatic heterocycles. The summed E-state index contributed by atoms with van der Waals surface area (Å²) in [6.45, 7) is 7.92. The topological polar surface area (TPSA) is 62.7 Å². The second-order valence-corrected chi connectivity index (χ2v) is 5.91. The summed E-state index contributed by atoms with van der Waals surface area (Å²) >= 11 is 1.67. The molecule has 0 aliphatic rings. The second kappa shape index (κ2) is 7.93. The third kappa shape index (κ3) is 4.97. The van der Waals surface area contributed by atoms with Gasteiger partial charge in [-0.05, 0) is 19.8 Å². The molecule has 0 aliphatic carbocycles. The third-order valence-electron chi connectivity index (χ3n) is 2.89. The van der Waals surface area contributed by atoms with Crippen LogP contribution in [0.15, 0.2) is 11.4 Å².